The van der Waals surface area contributed by atoms with Gasteiger partial charge in [0.25, 0.3) is 0 Å². The highest BCUT2D eigenvalue weighted by atomic mass is 32.2. The second-order valence-electron chi connectivity index (χ2n) is 6.18. The molecule has 0 saturated carbocycles. The number of rotatable bonds is 7. The second-order valence-corrected chi connectivity index (χ2v) is 7.89. The van der Waals surface area contributed by atoms with Crippen molar-refractivity contribution in [3.05, 3.63) is 17.1 Å². The van der Waals surface area contributed by atoms with Gasteiger partial charge in [-0.05, 0) is 31.6 Å². The van der Waals surface area contributed by atoms with Gasteiger partial charge in [0, 0.05) is 12.1 Å². The lowest BCUT2D eigenvalue weighted by molar-refractivity contribution is 0.276. The molecule has 0 amide bonds. The number of aliphatic hydroxyl groups is 1. The predicted octanol–water partition coefficient (Wildman–Crippen LogP) is 2.60. The summed E-state index contributed by atoms with van der Waals surface area (Å²) < 4.78 is 33.0. The second kappa shape index (κ2) is 6.94. The molecule has 0 aliphatic rings. The van der Waals surface area contributed by atoms with Crippen molar-refractivity contribution in [3.63, 3.8) is 0 Å². The minimum absolute atomic E-state index is 0.0776. The standard InChI is InChI=1S/C15H27NO4S/c1-9(2)13(10(3)4)7-16-21(18,19)15-12(6)20-11(5)14(15)8-17/h9-10,13,16-17H,7-8H2,1-6H3. The van der Waals surface area contributed by atoms with Crippen LogP contribution < -0.4 is 4.72 Å². The molecule has 0 spiro atoms. The molecule has 5 nitrogen and oxygen atoms in total. The number of hydrogen-bond acceptors (Lipinski definition) is 4. The van der Waals surface area contributed by atoms with Crippen molar-refractivity contribution in [1.82, 2.24) is 4.72 Å². The maximum atomic E-state index is 12.5. The molecule has 0 bridgehead atoms. The van der Waals surface area contributed by atoms with Crippen molar-refractivity contribution in [2.75, 3.05) is 6.54 Å². The zero-order valence-electron chi connectivity index (χ0n) is 13.7. The summed E-state index contributed by atoms with van der Waals surface area (Å²) in [6.45, 7) is 11.6. The van der Waals surface area contributed by atoms with Crippen LogP contribution in [0.1, 0.15) is 44.8 Å². The van der Waals surface area contributed by atoms with E-state index in [0.29, 0.717) is 35.5 Å². The summed E-state index contributed by atoms with van der Waals surface area (Å²) in [4.78, 5) is 0.0776. The number of nitrogens with one attached hydrogen (secondary N) is 1. The number of sulfonamides is 1. The molecule has 122 valence electrons. The fraction of sp³-hybridized carbons (Fsp3) is 0.733. The molecule has 2 N–H and O–H groups in total. The van der Waals surface area contributed by atoms with Gasteiger partial charge in [0.05, 0.1) is 6.61 Å². The zero-order valence-corrected chi connectivity index (χ0v) is 14.5. The maximum Gasteiger partial charge on any atom is 0.244 e. The van der Waals surface area contributed by atoms with E-state index in [4.69, 9.17) is 4.42 Å². The molecule has 0 unspecified atom stereocenters. The van der Waals surface area contributed by atoms with Crippen molar-refractivity contribution >= 4 is 10.0 Å². The van der Waals surface area contributed by atoms with Gasteiger partial charge >= 0.3 is 0 Å². The molecule has 21 heavy (non-hydrogen) atoms. The first kappa shape index (κ1) is 18.2. The third-order valence-electron chi connectivity index (χ3n) is 3.97. The fourth-order valence-corrected chi connectivity index (χ4v) is 4.27. The van der Waals surface area contributed by atoms with E-state index in [1.54, 1.807) is 13.8 Å². The number of aliphatic hydroxyl groups excluding tert-OH is 1. The Kier molecular flexibility index (Phi) is 6.01. The Bertz CT molecular complexity index is 565. The molecule has 0 aromatic carbocycles. The Morgan fingerprint density at radius 3 is 2.05 bits per heavy atom. The molecule has 0 fully saturated rings. The summed E-state index contributed by atoms with van der Waals surface area (Å²) >= 11 is 0. The Morgan fingerprint density at radius 2 is 1.62 bits per heavy atom. The first-order chi connectivity index (χ1) is 9.61. The highest BCUT2D eigenvalue weighted by molar-refractivity contribution is 7.89. The van der Waals surface area contributed by atoms with Crippen molar-refractivity contribution in [3.8, 4) is 0 Å². The van der Waals surface area contributed by atoms with Crippen LogP contribution in [0.25, 0.3) is 0 Å². The SMILES string of the molecule is Cc1oc(C)c(S(=O)(=O)NCC(C(C)C)C(C)C)c1CO. The molecule has 0 aliphatic heterocycles. The molecule has 0 radical (unpaired) electrons. The van der Waals surface area contributed by atoms with Crippen LogP contribution in [-0.4, -0.2) is 20.1 Å². The molecular formula is C15H27NO4S. The number of furan rings is 1. The molecule has 0 saturated heterocycles. The fourth-order valence-electron chi connectivity index (χ4n) is 2.76. The molecule has 1 aromatic rings. The van der Waals surface area contributed by atoms with E-state index in [1.807, 2.05) is 0 Å². The summed E-state index contributed by atoms with van der Waals surface area (Å²) in [5, 5.41) is 9.38. The summed E-state index contributed by atoms with van der Waals surface area (Å²) in [7, 11) is -3.68. The van der Waals surface area contributed by atoms with Crippen LogP contribution in [0.4, 0.5) is 0 Å². The van der Waals surface area contributed by atoms with E-state index < -0.39 is 10.0 Å². The molecule has 1 heterocycles. The normalized spacial score (nSPS) is 12.9. The van der Waals surface area contributed by atoms with Gasteiger partial charge in [-0.15, -0.1) is 0 Å². The van der Waals surface area contributed by atoms with Crippen molar-refractivity contribution in [1.29, 1.82) is 0 Å². The van der Waals surface area contributed by atoms with Crippen LogP contribution >= 0.6 is 0 Å². The van der Waals surface area contributed by atoms with Crippen LogP contribution in [0.15, 0.2) is 9.31 Å². The zero-order chi connectivity index (χ0) is 16.4. The van der Waals surface area contributed by atoms with Gasteiger partial charge in [-0.2, -0.15) is 0 Å². The largest absolute Gasteiger partial charge is 0.465 e. The number of aryl methyl sites for hydroxylation is 2. The Labute approximate surface area is 127 Å². The molecular weight excluding hydrogens is 290 g/mol. The smallest absolute Gasteiger partial charge is 0.244 e. The van der Waals surface area contributed by atoms with Gasteiger partial charge in [-0.3, -0.25) is 0 Å². The first-order valence-electron chi connectivity index (χ1n) is 7.31. The van der Waals surface area contributed by atoms with Crippen LogP contribution in [0.5, 0.6) is 0 Å². The molecule has 0 aliphatic carbocycles. The molecule has 1 aromatic heterocycles. The lowest BCUT2D eigenvalue weighted by Gasteiger charge is -2.25. The van der Waals surface area contributed by atoms with E-state index in [-0.39, 0.29) is 17.4 Å². The van der Waals surface area contributed by atoms with E-state index in [1.165, 1.54) is 0 Å². The van der Waals surface area contributed by atoms with Gasteiger partial charge < -0.3 is 9.52 Å². The van der Waals surface area contributed by atoms with Crippen LogP contribution in [0.3, 0.4) is 0 Å². The van der Waals surface area contributed by atoms with Crippen molar-refractivity contribution in [2.24, 2.45) is 17.8 Å². The summed E-state index contributed by atoms with van der Waals surface area (Å²) in [5.74, 6) is 1.79. The average Bonchev–Trinajstić information content (AvgIpc) is 2.63. The van der Waals surface area contributed by atoms with E-state index in [9.17, 15) is 13.5 Å². The summed E-state index contributed by atoms with van der Waals surface area (Å²) in [6, 6.07) is 0. The highest BCUT2D eigenvalue weighted by Crippen LogP contribution is 2.27. The van der Waals surface area contributed by atoms with Crippen LogP contribution in [0, 0.1) is 31.6 Å². The quantitative estimate of drug-likeness (QED) is 0.810. The Balaban J connectivity index is 3.03. The third-order valence-corrected chi connectivity index (χ3v) is 5.59. The van der Waals surface area contributed by atoms with Gasteiger partial charge in [-0.1, -0.05) is 27.7 Å². The van der Waals surface area contributed by atoms with Gasteiger partial charge in [0.15, 0.2) is 0 Å². The minimum atomic E-state index is -3.68. The summed E-state index contributed by atoms with van der Waals surface area (Å²) in [5.41, 5.74) is 0.339. The molecule has 6 heteroatoms. The maximum absolute atomic E-state index is 12.5. The Morgan fingerprint density at radius 1 is 1.10 bits per heavy atom. The predicted molar refractivity (Wildman–Crippen MR) is 82.5 cm³/mol. The van der Waals surface area contributed by atoms with Crippen LogP contribution in [-0.2, 0) is 16.6 Å². The third kappa shape index (κ3) is 4.08. The highest BCUT2D eigenvalue weighted by Gasteiger charge is 2.28. The topological polar surface area (TPSA) is 79.5 Å². The first-order valence-corrected chi connectivity index (χ1v) is 8.79. The van der Waals surface area contributed by atoms with Gasteiger partial charge in [0.1, 0.15) is 16.4 Å². The van der Waals surface area contributed by atoms with E-state index in [2.05, 4.69) is 32.4 Å². The summed E-state index contributed by atoms with van der Waals surface area (Å²) in [6.07, 6.45) is 0. The van der Waals surface area contributed by atoms with Gasteiger partial charge in [-0.25, -0.2) is 13.1 Å². The Hall–Kier alpha value is -0.850. The van der Waals surface area contributed by atoms with E-state index in [0.717, 1.165) is 0 Å². The van der Waals surface area contributed by atoms with Crippen LogP contribution in [0.2, 0.25) is 0 Å². The minimum Gasteiger partial charge on any atom is -0.465 e. The lowest BCUT2D eigenvalue weighted by Crippen LogP contribution is -2.34. The monoisotopic (exact) mass is 317 g/mol. The molecule has 0 atom stereocenters. The number of hydrogen-bond donors (Lipinski definition) is 2. The van der Waals surface area contributed by atoms with Crippen molar-refractivity contribution in [2.45, 2.75) is 53.0 Å². The van der Waals surface area contributed by atoms with Crippen molar-refractivity contribution < 1.29 is 17.9 Å². The van der Waals surface area contributed by atoms with Gasteiger partial charge in [0.2, 0.25) is 10.0 Å². The lowest BCUT2D eigenvalue weighted by atomic mass is 9.86. The van der Waals surface area contributed by atoms with E-state index >= 15 is 0 Å². The average molecular weight is 317 g/mol. The molecule has 1 rings (SSSR count).